The molecule has 2 aromatic rings. The smallest absolute Gasteiger partial charge is 0.335 e. The van der Waals surface area contributed by atoms with Crippen LogP contribution in [0.4, 0.5) is 5.69 Å². The predicted molar refractivity (Wildman–Crippen MR) is 84.7 cm³/mol. The van der Waals surface area contributed by atoms with Crippen molar-refractivity contribution < 1.29 is 14.7 Å². The summed E-state index contributed by atoms with van der Waals surface area (Å²) in [6, 6.07) is 9.62. The summed E-state index contributed by atoms with van der Waals surface area (Å²) in [7, 11) is 0. The van der Waals surface area contributed by atoms with Crippen LogP contribution < -0.4 is 5.32 Å². The van der Waals surface area contributed by atoms with E-state index >= 15 is 0 Å². The zero-order valence-corrected chi connectivity index (χ0v) is 12.5. The zero-order chi connectivity index (χ0) is 16.1. The number of carbonyl (C=O) groups is 2. The van der Waals surface area contributed by atoms with Crippen LogP contribution in [-0.4, -0.2) is 17.0 Å². The van der Waals surface area contributed by atoms with Gasteiger partial charge in [-0.25, -0.2) is 4.79 Å². The Morgan fingerprint density at radius 1 is 1.36 bits per heavy atom. The molecule has 0 fully saturated rings. The fourth-order valence-electron chi connectivity index (χ4n) is 1.74. The van der Waals surface area contributed by atoms with Crippen molar-refractivity contribution >= 4 is 35.0 Å². The first-order valence-corrected chi connectivity index (χ1v) is 7.20. The van der Waals surface area contributed by atoms with Crippen LogP contribution in [0.1, 0.15) is 20.8 Å². The van der Waals surface area contributed by atoms with E-state index in [0.29, 0.717) is 5.69 Å². The molecule has 2 rings (SSSR count). The number of thiophene rings is 1. The van der Waals surface area contributed by atoms with Gasteiger partial charge in [0.25, 0.3) is 5.91 Å². The van der Waals surface area contributed by atoms with Crippen molar-refractivity contribution in [2.24, 2.45) is 0 Å². The monoisotopic (exact) mass is 312 g/mol. The number of anilines is 1. The standard InChI is InChI=1S/C16H12N2O3S/c1-10-5-6-22-14(10)8-12(9-17)15(19)18-13-4-2-3-11(7-13)16(20)21/h2-8H,1H3,(H,18,19)(H,20,21)/b12-8-. The van der Waals surface area contributed by atoms with Gasteiger partial charge in [-0.05, 0) is 48.2 Å². The maximum absolute atomic E-state index is 12.1. The van der Waals surface area contributed by atoms with Crippen LogP contribution in [0, 0.1) is 18.3 Å². The highest BCUT2D eigenvalue weighted by Crippen LogP contribution is 2.20. The van der Waals surface area contributed by atoms with E-state index in [1.165, 1.54) is 35.6 Å². The summed E-state index contributed by atoms with van der Waals surface area (Å²) in [5, 5.41) is 22.5. The Morgan fingerprint density at radius 2 is 2.14 bits per heavy atom. The molecular weight excluding hydrogens is 300 g/mol. The summed E-state index contributed by atoms with van der Waals surface area (Å²) in [6.45, 7) is 1.89. The molecule has 1 amide bonds. The lowest BCUT2D eigenvalue weighted by Crippen LogP contribution is -2.13. The number of nitriles is 1. The number of aromatic carboxylic acids is 1. The van der Waals surface area contributed by atoms with Crippen molar-refractivity contribution in [3.05, 3.63) is 57.3 Å². The Bertz CT molecular complexity index is 800. The number of carbonyl (C=O) groups excluding carboxylic acids is 1. The summed E-state index contributed by atoms with van der Waals surface area (Å²) in [5.41, 5.74) is 1.34. The number of amides is 1. The summed E-state index contributed by atoms with van der Waals surface area (Å²) in [5.74, 6) is -1.65. The molecule has 0 aliphatic heterocycles. The zero-order valence-electron chi connectivity index (χ0n) is 11.7. The van der Waals surface area contributed by atoms with Gasteiger partial charge >= 0.3 is 5.97 Å². The summed E-state index contributed by atoms with van der Waals surface area (Å²) in [4.78, 5) is 23.9. The Morgan fingerprint density at radius 3 is 2.73 bits per heavy atom. The van der Waals surface area contributed by atoms with E-state index in [1.807, 2.05) is 24.4 Å². The predicted octanol–water partition coefficient (Wildman–Crippen LogP) is 3.30. The highest BCUT2D eigenvalue weighted by atomic mass is 32.1. The topological polar surface area (TPSA) is 90.2 Å². The van der Waals surface area contributed by atoms with Crippen molar-refractivity contribution in [2.75, 3.05) is 5.32 Å². The van der Waals surface area contributed by atoms with Crippen LogP contribution >= 0.6 is 11.3 Å². The highest BCUT2D eigenvalue weighted by Gasteiger charge is 2.12. The fraction of sp³-hybridized carbons (Fsp3) is 0.0625. The molecule has 2 N–H and O–H groups in total. The van der Waals surface area contributed by atoms with Gasteiger partial charge in [0, 0.05) is 10.6 Å². The molecule has 0 atom stereocenters. The maximum atomic E-state index is 12.1. The largest absolute Gasteiger partial charge is 0.478 e. The fourth-order valence-corrected chi connectivity index (χ4v) is 2.60. The van der Waals surface area contributed by atoms with E-state index in [2.05, 4.69) is 5.32 Å². The van der Waals surface area contributed by atoms with Crippen LogP contribution in [0.15, 0.2) is 41.3 Å². The second-order valence-electron chi connectivity index (χ2n) is 4.48. The molecule has 1 aromatic carbocycles. The lowest BCUT2D eigenvalue weighted by atomic mass is 10.1. The van der Waals surface area contributed by atoms with Gasteiger partial charge in [-0.15, -0.1) is 11.3 Å². The van der Waals surface area contributed by atoms with Crippen molar-refractivity contribution in [3.8, 4) is 6.07 Å². The Labute approximate surface area is 131 Å². The molecule has 1 aromatic heterocycles. The van der Waals surface area contributed by atoms with Crippen molar-refractivity contribution in [2.45, 2.75) is 6.92 Å². The molecule has 1 heterocycles. The molecule has 110 valence electrons. The second-order valence-corrected chi connectivity index (χ2v) is 5.43. The number of carboxylic acids is 1. The van der Waals surface area contributed by atoms with Crippen molar-refractivity contribution in [3.63, 3.8) is 0 Å². The van der Waals surface area contributed by atoms with Gasteiger partial charge in [-0.1, -0.05) is 6.07 Å². The van der Waals surface area contributed by atoms with Gasteiger partial charge in [0.2, 0.25) is 0 Å². The Balaban J connectivity index is 2.22. The van der Waals surface area contributed by atoms with Crippen molar-refractivity contribution in [1.82, 2.24) is 0 Å². The Kier molecular flexibility index (Phi) is 4.71. The van der Waals surface area contributed by atoms with Crippen LogP contribution in [-0.2, 0) is 4.79 Å². The van der Waals surface area contributed by atoms with Crippen LogP contribution in [0.25, 0.3) is 6.08 Å². The number of nitrogens with one attached hydrogen (secondary N) is 1. The van der Waals surface area contributed by atoms with Gasteiger partial charge in [0.1, 0.15) is 11.6 Å². The van der Waals surface area contributed by atoms with Gasteiger partial charge in [-0.2, -0.15) is 5.26 Å². The van der Waals surface area contributed by atoms with E-state index in [-0.39, 0.29) is 11.1 Å². The van der Waals surface area contributed by atoms with E-state index < -0.39 is 11.9 Å². The van der Waals surface area contributed by atoms with Crippen LogP contribution in [0.3, 0.4) is 0 Å². The number of benzene rings is 1. The SMILES string of the molecule is Cc1ccsc1/C=C(/C#N)C(=O)Nc1cccc(C(=O)O)c1. The van der Waals surface area contributed by atoms with E-state index in [4.69, 9.17) is 10.4 Å². The lowest BCUT2D eigenvalue weighted by molar-refractivity contribution is -0.112. The van der Waals surface area contributed by atoms with E-state index in [1.54, 1.807) is 6.07 Å². The average molecular weight is 312 g/mol. The van der Waals surface area contributed by atoms with Gasteiger partial charge in [0.15, 0.2) is 0 Å². The van der Waals surface area contributed by atoms with Gasteiger partial charge in [-0.3, -0.25) is 4.79 Å². The number of nitrogens with zero attached hydrogens (tertiary/aromatic N) is 1. The molecule has 0 spiro atoms. The third-order valence-electron chi connectivity index (χ3n) is 2.91. The molecule has 0 aliphatic carbocycles. The molecule has 0 bridgehead atoms. The quantitative estimate of drug-likeness (QED) is 0.669. The minimum atomic E-state index is -1.08. The van der Waals surface area contributed by atoms with Gasteiger partial charge in [0.05, 0.1) is 5.56 Å². The number of hydrogen-bond acceptors (Lipinski definition) is 4. The van der Waals surface area contributed by atoms with Crippen LogP contribution in [0.5, 0.6) is 0 Å². The minimum absolute atomic E-state index is 0.0359. The third-order valence-corrected chi connectivity index (χ3v) is 3.88. The maximum Gasteiger partial charge on any atom is 0.335 e. The first-order valence-electron chi connectivity index (χ1n) is 6.32. The lowest BCUT2D eigenvalue weighted by Gasteiger charge is -2.05. The number of carboxylic acid groups (broad SMARTS) is 1. The summed E-state index contributed by atoms with van der Waals surface area (Å²) >= 11 is 1.44. The molecule has 0 saturated carbocycles. The minimum Gasteiger partial charge on any atom is -0.478 e. The normalized spacial score (nSPS) is 10.8. The molecular formula is C16H12N2O3S. The number of rotatable bonds is 4. The average Bonchev–Trinajstić information content (AvgIpc) is 2.90. The van der Waals surface area contributed by atoms with E-state index in [0.717, 1.165) is 10.4 Å². The molecule has 0 unspecified atom stereocenters. The second kappa shape index (κ2) is 6.70. The summed E-state index contributed by atoms with van der Waals surface area (Å²) in [6.07, 6.45) is 1.52. The first kappa shape index (κ1) is 15.5. The molecule has 0 aliphatic rings. The first-order chi connectivity index (χ1) is 10.5. The number of hydrogen-bond donors (Lipinski definition) is 2. The van der Waals surface area contributed by atoms with Gasteiger partial charge < -0.3 is 10.4 Å². The third kappa shape index (κ3) is 3.59. The van der Waals surface area contributed by atoms with Crippen LogP contribution in [0.2, 0.25) is 0 Å². The molecule has 0 radical (unpaired) electrons. The molecule has 22 heavy (non-hydrogen) atoms. The molecule has 6 heteroatoms. The highest BCUT2D eigenvalue weighted by molar-refractivity contribution is 7.11. The molecule has 0 saturated heterocycles. The molecule has 5 nitrogen and oxygen atoms in total. The van der Waals surface area contributed by atoms with Crippen molar-refractivity contribution in [1.29, 1.82) is 5.26 Å². The van der Waals surface area contributed by atoms with E-state index in [9.17, 15) is 9.59 Å². The summed E-state index contributed by atoms with van der Waals surface area (Å²) < 4.78 is 0. The Hall–Kier alpha value is -2.91. The number of aryl methyl sites for hydroxylation is 1.